The molecule has 3 rings (SSSR count). The third-order valence-electron chi connectivity index (χ3n) is 3.99. The maximum atomic E-state index is 13.9. The van der Waals surface area contributed by atoms with Crippen molar-refractivity contribution < 1.29 is 23.5 Å². The molecule has 0 radical (unpaired) electrons. The largest absolute Gasteiger partial charge is 0.497 e. The van der Waals surface area contributed by atoms with Crippen molar-refractivity contribution in [3.05, 3.63) is 75.5 Å². The molecule has 0 atom stereocenters. The van der Waals surface area contributed by atoms with Crippen molar-refractivity contribution in [2.45, 2.75) is 20.0 Å². The first-order valence-corrected chi connectivity index (χ1v) is 9.63. The zero-order chi connectivity index (χ0) is 20.8. The molecule has 0 bridgehead atoms. The molecule has 0 saturated heterocycles. The number of carbonyl (C=O) groups excluding carboxylic acids is 2. The number of hydrogen-bond acceptors (Lipinski definition) is 6. The summed E-state index contributed by atoms with van der Waals surface area (Å²) in [5.74, 6) is -1.39. The van der Waals surface area contributed by atoms with E-state index in [1.807, 2.05) is 31.2 Å². The topological polar surface area (TPSA) is 77.5 Å². The number of esters is 1. The molecule has 29 heavy (non-hydrogen) atoms. The third kappa shape index (κ3) is 5.61. The smallest absolute Gasteiger partial charge is 0.341 e. The molecule has 1 heterocycles. The van der Waals surface area contributed by atoms with Crippen LogP contribution in [0.25, 0.3) is 0 Å². The Morgan fingerprint density at radius 3 is 2.62 bits per heavy atom. The molecule has 0 aliphatic carbocycles. The number of carbonyl (C=O) groups is 2. The van der Waals surface area contributed by atoms with Gasteiger partial charge in [0.2, 0.25) is 5.91 Å². The van der Waals surface area contributed by atoms with Crippen LogP contribution >= 0.6 is 11.3 Å². The van der Waals surface area contributed by atoms with Gasteiger partial charge in [-0.05, 0) is 31.2 Å². The van der Waals surface area contributed by atoms with Gasteiger partial charge < -0.3 is 14.8 Å². The number of nitrogens with zero attached hydrogens (tertiary/aromatic N) is 1. The van der Waals surface area contributed by atoms with E-state index in [9.17, 15) is 14.0 Å². The van der Waals surface area contributed by atoms with E-state index in [4.69, 9.17) is 9.47 Å². The van der Waals surface area contributed by atoms with Gasteiger partial charge in [0.1, 0.15) is 23.2 Å². The number of anilines is 1. The highest BCUT2D eigenvalue weighted by Gasteiger charge is 2.15. The van der Waals surface area contributed by atoms with Crippen molar-refractivity contribution >= 4 is 28.9 Å². The number of thiazole rings is 1. The van der Waals surface area contributed by atoms with E-state index in [1.54, 1.807) is 5.38 Å². The molecule has 6 nitrogen and oxygen atoms in total. The molecule has 150 valence electrons. The van der Waals surface area contributed by atoms with Gasteiger partial charge in [-0.2, -0.15) is 0 Å². The van der Waals surface area contributed by atoms with Crippen LogP contribution in [0.1, 0.15) is 26.6 Å². The number of ether oxygens (including phenoxy) is 2. The fourth-order valence-electron chi connectivity index (χ4n) is 2.48. The highest BCUT2D eigenvalue weighted by Crippen LogP contribution is 2.18. The summed E-state index contributed by atoms with van der Waals surface area (Å²) in [6, 6.07) is 11.4. The Bertz CT molecular complexity index is 1020. The first kappa shape index (κ1) is 20.5. The van der Waals surface area contributed by atoms with E-state index in [0.29, 0.717) is 22.1 Å². The van der Waals surface area contributed by atoms with Gasteiger partial charge in [-0.1, -0.05) is 17.7 Å². The lowest BCUT2D eigenvalue weighted by Crippen LogP contribution is -2.14. The van der Waals surface area contributed by atoms with Crippen molar-refractivity contribution in [1.29, 1.82) is 0 Å². The van der Waals surface area contributed by atoms with Gasteiger partial charge in [0.25, 0.3) is 0 Å². The molecule has 1 amide bonds. The maximum absolute atomic E-state index is 13.9. The average molecular weight is 414 g/mol. The standard InChI is InChI=1S/C21H19FN2O4S/c1-13-3-5-14(6-4-13)23-19(25)10-20-24-15(12-29-20)11-28-21(26)17-8-7-16(27-2)9-18(17)22/h3-9,12H,10-11H2,1-2H3,(H,23,25). The summed E-state index contributed by atoms with van der Waals surface area (Å²) in [4.78, 5) is 28.5. The second-order valence-electron chi connectivity index (χ2n) is 6.25. The van der Waals surface area contributed by atoms with Crippen molar-refractivity contribution in [3.8, 4) is 5.75 Å². The highest BCUT2D eigenvalue weighted by molar-refractivity contribution is 7.09. The van der Waals surface area contributed by atoms with Crippen LogP contribution in [0.5, 0.6) is 5.75 Å². The average Bonchev–Trinajstić information content (AvgIpc) is 3.15. The predicted octanol–water partition coefficient (Wildman–Crippen LogP) is 4.14. The minimum atomic E-state index is -0.795. The zero-order valence-electron chi connectivity index (χ0n) is 15.9. The van der Waals surface area contributed by atoms with E-state index < -0.39 is 11.8 Å². The lowest BCUT2D eigenvalue weighted by molar-refractivity contribution is -0.115. The van der Waals surface area contributed by atoms with Gasteiger partial charge in [-0.3, -0.25) is 4.79 Å². The summed E-state index contributed by atoms with van der Waals surface area (Å²) >= 11 is 1.29. The van der Waals surface area contributed by atoms with Gasteiger partial charge in [0, 0.05) is 17.1 Å². The number of hydrogen-bond donors (Lipinski definition) is 1. The van der Waals surface area contributed by atoms with Crippen LogP contribution in [0.15, 0.2) is 47.8 Å². The molecular formula is C21H19FN2O4S. The summed E-state index contributed by atoms with van der Waals surface area (Å²) in [5.41, 5.74) is 2.14. The van der Waals surface area contributed by atoms with E-state index >= 15 is 0 Å². The number of aryl methyl sites for hydroxylation is 1. The highest BCUT2D eigenvalue weighted by atomic mass is 32.1. The van der Waals surface area contributed by atoms with Gasteiger partial charge >= 0.3 is 5.97 Å². The molecule has 0 unspecified atom stereocenters. The van der Waals surface area contributed by atoms with E-state index in [0.717, 1.165) is 11.6 Å². The normalized spacial score (nSPS) is 10.4. The second kappa shape index (κ2) is 9.29. The lowest BCUT2D eigenvalue weighted by atomic mass is 10.2. The van der Waals surface area contributed by atoms with Crippen LogP contribution in [0.2, 0.25) is 0 Å². The number of methoxy groups -OCH3 is 1. The summed E-state index contributed by atoms with van der Waals surface area (Å²) < 4.78 is 23.9. The number of benzene rings is 2. The summed E-state index contributed by atoms with van der Waals surface area (Å²) in [7, 11) is 1.41. The van der Waals surface area contributed by atoms with Crippen LogP contribution in [-0.2, 0) is 22.6 Å². The zero-order valence-corrected chi connectivity index (χ0v) is 16.7. The number of rotatable bonds is 7. The minimum absolute atomic E-state index is 0.111. The quantitative estimate of drug-likeness (QED) is 0.588. The fraction of sp³-hybridized carbons (Fsp3) is 0.190. The van der Waals surface area contributed by atoms with Gasteiger partial charge in [-0.15, -0.1) is 11.3 Å². The predicted molar refractivity (Wildman–Crippen MR) is 108 cm³/mol. The van der Waals surface area contributed by atoms with Crippen molar-refractivity contribution in [3.63, 3.8) is 0 Å². The lowest BCUT2D eigenvalue weighted by Gasteiger charge is -2.06. The van der Waals surface area contributed by atoms with Crippen molar-refractivity contribution in [2.75, 3.05) is 12.4 Å². The third-order valence-corrected chi connectivity index (χ3v) is 4.89. The first-order valence-electron chi connectivity index (χ1n) is 8.75. The number of halogens is 1. The monoisotopic (exact) mass is 414 g/mol. The van der Waals surface area contributed by atoms with Crippen LogP contribution < -0.4 is 10.1 Å². The number of aromatic nitrogens is 1. The molecule has 1 aromatic heterocycles. The van der Waals surface area contributed by atoms with Crippen LogP contribution in [-0.4, -0.2) is 24.0 Å². The van der Waals surface area contributed by atoms with Crippen molar-refractivity contribution in [2.24, 2.45) is 0 Å². The molecule has 2 aromatic carbocycles. The molecule has 0 spiro atoms. The van der Waals surface area contributed by atoms with Gasteiger partial charge in [0.15, 0.2) is 0 Å². The Morgan fingerprint density at radius 1 is 1.17 bits per heavy atom. The summed E-state index contributed by atoms with van der Waals surface area (Å²) in [6.45, 7) is 1.86. The van der Waals surface area contributed by atoms with E-state index in [1.165, 1.54) is 30.6 Å². The first-order chi connectivity index (χ1) is 13.9. The van der Waals surface area contributed by atoms with Crippen LogP contribution in [0.4, 0.5) is 10.1 Å². The Morgan fingerprint density at radius 2 is 1.93 bits per heavy atom. The molecule has 1 N–H and O–H groups in total. The fourth-order valence-corrected chi connectivity index (χ4v) is 3.26. The second-order valence-corrected chi connectivity index (χ2v) is 7.19. The maximum Gasteiger partial charge on any atom is 0.341 e. The Labute approximate surface area is 171 Å². The Balaban J connectivity index is 1.52. The Kier molecular flexibility index (Phi) is 6.56. The summed E-state index contributed by atoms with van der Waals surface area (Å²) in [5, 5.41) is 5.10. The molecule has 8 heteroatoms. The van der Waals surface area contributed by atoms with E-state index in [2.05, 4.69) is 10.3 Å². The molecule has 0 fully saturated rings. The molecule has 0 aliphatic heterocycles. The molecular weight excluding hydrogens is 395 g/mol. The van der Waals surface area contributed by atoms with Gasteiger partial charge in [0.05, 0.1) is 24.8 Å². The van der Waals surface area contributed by atoms with Crippen LogP contribution in [0, 0.1) is 12.7 Å². The van der Waals surface area contributed by atoms with Crippen LogP contribution in [0.3, 0.4) is 0 Å². The number of amides is 1. The van der Waals surface area contributed by atoms with Gasteiger partial charge in [-0.25, -0.2) is 14.2 Å². The molecule has 3 aromatic rings. The molecule has 0 saturated carbocycles. The minimum Gasteiger partial charge on any atom is -0.497 e. The number of nitrogens with one attached hydrogen (secondary N) is 1. The summed E-state index contributed by atoms with van der Waals surface area (Å²) in [6.07, 6.45) is 0.111. The Hall–Kier alpha value is -3.26. The SMILES string of the molecule is COc1ccc(C(=O)OCc2csc(CC(=O)Nc3ccc(C)cc3)n2)c(F)c1. The van der Waals surface area contributed by atoms with Crippen molar-refractivity contribution in [1.82, 2.24) is 4.98 Å². The van der Waals surface area contributed by atoms with E-state index in [-0.39, 0.29) is 24.5 Å². The molecule has 0 aliphatic rings.